The standard InChI is InChI=1S/C13H13NO4S/c1-3-13(15)14-8-12(9-14)19(16,17)11-6-4-10(18-2)5-7-11/h1,4-7,12H,8-9H2,2H3. The molecule has 1 fully saturated rings. The van der Waals surface area contributed by atoms with Crippen molar-refractivity contribution in [2.75, 3.05) is 20.2 Å². The minimum atomic E-state index is -3.42. The van der Waals surface area contributed by atoms with E-state index in [1.165, 1.54) is 24.1 Å². The molecule has 0 bridgehead atoms. The van der Waals surface area contributed by atoms with Gasteiger partial charge in [-0.3, -0.25) is 4.79 Å². The Morgan fingerprint density at radius 1 is 1.37 bits per heavy atom. The molecule has 0 unspecified atom stereocenters. The smallest absolute Gasteiger partial charge is 0.298 e. The van der Waals surface area contributed by atoms with Crippen LogP contribution in [0.3, 0.4) is 0 Å². The van der Waals surface area contributed by atoms with Crippen molar-refractivity contribution >= 4 is 15.7 Å². The lowest BCUT2D eigenvalue weighted by Crippen LogP contribution is -2.56. The maximum atomic E-state index is 12.2. The number of hydrogen-bond donors (Lipinski definition) is 0. The van der Waals surface area contributed by atoms with Gasteiger partial charge in [-0.25, -0.2) is 8.42 Å². The first-order chi connectivity index (χ1) is 8.98. The average molecular weight is 279 g/mol. The Kier molecular flexibility index (Phi) is 3.49. The lowest BCUT2D eigenvalue weighted by Gasteiger charge is -2.37. The van der Waals surface area contributed by atoms with Crippen LogP contribution in [0.25, 0.3) is 0 Å². The normalized spacial score (nSPS) is 15.5. The van der Waals surface area contributed by atoms with E-state index in [-0.39, 0.29) is 18.0 Å². The summed E-state index contributed by atoms with van der Waals surface area (Å²) in [4.78, 5) is 12.7. The summed E-state index contributed by atoms with van der Waals surface area (Å²) in [5.74, 6) is 2.09. The maximum Gasteiger partial charge on any atom is 0.298 e. The molecule has 1 aromatic carbocycles. The number of carbonyl (C=O) groups excluding carboxylic acids is 1. The van der Waals surface area contributed by atoms with Crippen LogP contribution in [0.4, 0.5) is 0 Å². The summed E-state index contributed by atoms with van der Waals surface area (Å²) in [7, 11) is -1.91. The number of ether oxygens (including phenoxy) is 1. The zero-order valence-electron chi connectivity index (χ0n) is 10.4. The van der Waals surface area contributed by atoms with E-state index in [9.17, 15) is 13.2 Å². The van der Waals surface area contributed by atoms with Crippen LogP contribution in [0, 0.1) is 12.3 Å². The first-order valence-corrected chi connectivity index (χ1v) is 7.17. The van der Waals surface area contributed by atoms with E-state index >= 15 is 0 Å². The van der Waals surface area contributed by atoms with Crippen LogP contribution < -0.4 is 4.74 Å². The highest BCUT2D eigenvalue weighted by molar-refractivity contribution is 7.92. The topological polar surface area (TPSA) is 63.7 Å². The summed E-state index contributed by atoms with van der Waals surface area (Å²) >= 11 is 0. The Balaban J connectivity index is 2.12. The third-order valence-electron chi connectivity index (χ3n) is 3.09. The van der Waals surface area contributed by atoms with Gasteiger partial charge in [0.1, 0.15) is 11.0 Å². The molecule has 0 radical (unpaired) electrons. The lowest BCUT2D eigenvalue weighted by atomic mass is 10.2. The van der Waals surface area contributed by atoms with Gasteiger partial charge in [-0.05, 0) is 30.2 Å². The molecule has 0 aromatic heterocycles. The molecule has 1 saturated heterocycles. The Hall–Kier alpha value is -2.00. The van der Waals surface area contributed by atoms with Crippen molar-refractivity contribution in [3.8, 4) is 18.1 Å². The zero-order valence-corrected chi connectivity index (χ0v) is 11.2. The van der Waals surface area contributed by atoms with Crippen molar-refractivity contribution in [1.82, 2.24) is 4.90 Å². The van der Waals surface area contributed by atoms with Gasteiger partial charge >= 0.3 is 0 Å². The second kappa shape index (κ2) is 4.94. The Morgan fingerprint density at radius 2 is 1.95 bits per heavy atom. The van der Waals surface area contributed by atoms with Crippen LogP contribution in [-0.4, -0.2) is 44.7 Å². The molecule has 0 aliphatic carbocycles. The lowest BCUT2D eigenvalue weighted by molar-refractivity contribution is -0.128. The van der Waals surface area contributed by atoms with E-state index in [1.54, 1.807) is 12.1 Å². The summed E-state index contributed by atoms with van der Waals surface area (Å²) < 4.78 is 29.5. The largest absolute Gasteiger partial charge is 0.497 e. The van der Waals surface area contributed by atoms with E-state index < -0.39 is 21.0 Å². The minimum absolute atomic E-state index is 0.150. The van der Waals surface area contributed by atoms with E-state index in [4.69, 9.17) is 11.2 Å². The van der Waals surface area contributed by atoms with Gasteiger partial charge in [0.05, 0.1) is 12.0 Å². The average Bonchev–Trinajstić information content (AvgIpc) is 2.36. The van der Waals surface area contributed by atoms with E-state index in [1.807, 2.05) is 5.92 Å². The van der Waals surface area contributed by atoms with Crippen LogP contribution in [0.2, 0.25) is 0 Å². The molecule has 0 saturated carbocycles. The molecule has 1 amide bonds. The van der Waals surface area contributed by atoms with Crippen molar-refractivity contribution in [3.05, 3.63) is 24.3 Å². The van der Waals surface area contributed by atoms with Crippen LogP contribution >= 0.6 is 0 Å². The second-order valence-electron chi connectivity index (χ2n) is 4.20. The number of amides is 1. The zero-order chi connectivity index (χ0) is 14.0. The molecule has 6 heteroatoms. The minimum Gasteiger partial charge on any atom is -0.497 e. The molecule has 1 heterocycles. The van der Waals surface area contributed by atoms with Crippen molar-refractivity contribution in [2.24, 2.45) is 0 Å². The van der Waals surface area contributed by atoms with Gasteiger partial charge in [0.25, 0.3) is 5.91 Å². The van der Waals surface area contributed by atoms with Gasteiger partial charge in [-0.2, -0.15) is 0 Å². The third kappa shape index (κ3) is 2.42. The molecule has 0 N–H and O–H groups in total. The van der Waals surface area contributed by atoms with Crippen LogP contribution in [0.15, 0.2) is 29.2 Å². The SMILES string of the molecule is C#CC(=O)N1CC(S(=O)(=O)c2ccc(OC)cc2)C1. The van der Waals surface area contributed by atoms with Gasteiger partial charge < -0.3 is 9.64 Å². The molecule has 1 aliphatic heterocycles. The first-order valence-electron chi connectivity index (χ1n) is 5.62. The highest BCUT2D eigenvalue weighted by Gasteiger charge is 2.40. The number of likely N-dealkylation sites (tertiary alicyclic amines) is 1. The van der Waals surface area contributed by atoms with Crippen molar-refractivity contribution in [1.29, 1.82) is 0 Å². The van der Waals surface area contributed by atoms with Gasteiger partial charge in [-0.15, -0.1) is 6.42 Å². The van der Waals surface area contributed by atoms with Gasteiger partial charge in [-0.1, -0.05) is 0 Å². The molecule has 1 aliphatic rings. The number of carbonyl (C=O) groups is 1. The number of hydrogen-bond acceptors (Lipinski definition) is 4. The molecule has 1 aromatic rings. The van der Waals surface area contributed by atoms with E-state index in [2.05, 4.69) is 0 Å². The Bertz CT molecular complexity index is 622. The third-order valence-corrected chi connectivity index (χ3v) is 5.19. The Morgan fingerprint density at radius 3 is 2.42 bits per heavy atom. The number of benzene rings is 1. The summed E-state index contributed by atoms with van der Waals surface area (Å²) in [5.41, 5.74) is 0. The summed E-state index contributed by atoms with van der Waals surface area (Å²) in [5, 5.41) is -0.585. The molecule has 2 rings (SSSR count). The number of terminal acetylenes is 1. The second-order valence-corrected chi connectivity index (χ2v) is 6.43. The van der Waals surface area contributed by atoms with Gasteiger partial charge in [0.15, 0.2) is 9.84 Å². The van der Waals surface area contributed by atoms with E-state index in [0.29, 0.717) is 5.75 Å². The first kappa shape index (κ1) is 13.4. The van der Waals surface area contributed by atoms with Crippen LogP contribution in [-0.2, 0) is 14.6 Å². The Labute approximate surface area is 112 Å². The highest BCUT2D eigenvalue weighted by atomic mass is 32.2. The fourth-order valence-electron chi connectivity index (χ4n) is 1.85. The predicted octanol–water partition coefficient (Wildman–Crippen LogP) is 0.313. The number of sulfone groups is 1. The van der Waals surface area contributed by atoms with Gasteiger partial charge in [0, 0.05) is 13.1 Å². The number of nitrogens with zero attached hydrogens (tertiary/aromatic N) is 1. The molecule has 5 nitrogen and oxygen atoms in total. The molecule has 0 atom stereocenters. The van der Waals surface area contributed by atoms with Gasteiger partial charge in [0.2, 0.25) is 0 Å². The predicted molar refractivity (Wildman–Crippen MR) is 69.4 cm³/mol. The molecule has 19 heavy (non-hydrogen) atoms. The highest BCUT2D eigenvalue weighted by Crippen LogP contribution is 2.25. The van der Waals surface area contributed by atoms with Crippen molar-refractivity contribution in [2.45, 2.75) is 10.1 Å². The molecular weight excluding hydrogens is 266 g/mol. The molecular formula is C13H13NO4S. The maximum absolute atomic E-state index is 12.2. The van der Waals surface area contributed by atoms with Crippen molar-refractivity contribution < 1.29 is 17.9 Å². The van der Waals surface area contributed by atoms with Crippen LogP contribution in [0.1, 0.15) is 0 Å². The summed E-state index contributed by atoms with van der Waals surface area (Å²) in [6.07, 6.45) is 4.98. The summed E-state index contributed by atoms with van der Waals surface area (Å²) in [6.45, 7) is 0.300. The van der Waals surface area contributed by atoms with Crippen LogP contribution in [0.5, 0.6) is 5.75 Å². The number of methoxy groups -OCH3 is 1. The molecule has 0 spiro atoms. The summed E-state index contributed by atoms with van der Waals surface area (Å²) in [6, 6.07) is 6.19. The number of rotatable bonds is 3. The monoisotopic (exact) mass is 279 g/mol. The molecule has 100 valence electrons. The fourth-order valence-corrected chi connectivity index (χ4v) is 3.50. The van der Waals surface area contributed by atoms with Crippen molar-refractivity contribution in [3.63, 3.8) is 0 Å². The van der Waals surface area contributed by atoms with E-state index in [0.717, 1.165) is 0 Å². The fraction of sp³-hybridized carbons (Fsp3) is 0.308. The quantitative estimate of drug-likeness (QED) is 0.747.